The molecular weight excluding hydrogens is 362 g/mol. The highest BCUT2D eigenvalue weighted by Gasteiger charge is 2.25. The molecular formula is C24H23N3O2. The molecule has 0 unspecified atom stereocenters. The molecule has 3 aromatic rings. The predicted octanol–water partition coefficient (Wildman–Crippen LogP) is 5.14. The van der Waals surface area contributed by atoms with Crippen molar-refractivity contribution in [2.45, 2.75) is 0 Å². The van der Waals surface area contributed by atoms with E-state index in [9.17, 15) is 10.1 Å². The fourth-order valence-corrected chi connectivity index (χ4v) is 3.71. The van der Waals surface area contributed by atoms with E-state index in [1.165, 1.54) is 0 Å². The van der Waals surface area contributed by atoms with E-state index >= 15 is 0 Å². The molecule has 0 radical (unpaired) electrons. The molecule has 0 atom stereocenters. The molecule has 4 rings (SSSR count). The van der Waals surface area contributed by atoms with Crippen molar-refractivity contribution in [3.63, 3.8) is 0 Å². The number of non-ortho nitro benzene ring substituents is 1. The van der Waals surface area contributed by atoms with Crippen LogP contribution in [0.5, 0.6) is 0 Å². The quantitative estimate of drug-likeness (QED) is 0.369. The Morgan fingerprint density at radius 2 is 1.62 bits per heavy atom. The van der Waals surface area contributed by atoms with Crippen LogP contribution in [0.2, 0.25) is 0 Å². The lowest BCUT2D eigenvalue weighted by Gasteiger charge is -2.14. The number of anilines is 1. The van der Waals surface area contributed by atoms with E-state index in [1.54, 1.807) is 12.1 Å². The van der Waals surface area contributed by atoms with Gasteiger partial charge in [0, 0.05) is 30.9 Å². The number of hydrogen-bond acceptors (Lipinski definition) is 4. The van der Waals surface area contributed by atoms with Crippen LogP contribution in [-0.4, -0.2) is 37.0 Å². The minimum absolute atomic E-state index is 0.111. The second-order valence-electron chi connectivity index (χ2n) is 7.41. The number of nitrogens with one attached hydrogen (secondary N) is 1. The number of fused-ring (bicyclic) bond motifs is 3. The van der Waals surface area contributed by atoms with Crippen molar-refractivity contribution >= 4 is 23.0 Å². The Bertz CT molecular complexity index is 1100. The lowest BCUT2D eigenvalue weighted by atomic mass is 10.00. The van der Waals surface area contributed by atoms with E-state index in [2.05, 4.69) is 54.7 Å². The molecule has 1 N–H and O–H groups in total. The monoisotopic (exact) mass is 385 g/mol. The predicted molar refractivity (Wildman–Crippen MR) is 119 cm³/mol. The van der Waals surface area contributed by atoms with Gasteiger partial charge in [0.2, 0.25) is 0 Å². The summed E-state index contributed by atoms with van der Waals surface area (Å²) in [6, 6.07) is 21.4. The Morgan fingerprint density at radius 1 is 0.931 bits per heavy atom. The molecule has 0 aromatic heterocycles. The minimum Gasteiger partial charge on any atom is -0.383 e. The number of likely N-dealkylation sites (N-methyl/N-ethyl adjacent to an activating group) is 1. The third-order valence-electron chi connectivity index (χ3n) is 5.15. The highest BCUT2D eigenvalue weighted by atomic mass is 16.6. The maximum Gasteiger partial charge on any atom is 0.270 e. The Labute approximate surface area is 170 Å². The normalized spacial score (nSPS) is 13.4. The molecule has 29 heavy (non-hydrogen) atoms. The highest BCUT2D eigenvalue weighted by Crippen LogP contribution is 2.46. The van der Waals surface area contributed by atoms with Crippen LogP contribution < -0.4 is 5.32 Å². The van der Waals surface area contributed by atoms with Crippen molar-refractivity contribution in [3.8, 4) is 11.1 Å². The van der Waals surface area contributed by atoms with Gasteiger partial charge in [0.25, 0.3) is 5.69 Å². The Morgan fingerprint density at radius 3 is 2.38 bits per heavy atom. The number of para-hydroxylation sites is 1. The van der Waals surface area contributed by atoms with Gasteiger partial charge in [-0.05, 0) is 65.7 Å². The lowest BCUT2D eigenvalue weighted by Crippen LogP contribution is -2.21. The molecule has 0 fully saturated rings. The molecule has 0 spiro atoms. The van der Waals surface area contributed by atoms with Crippen LogP contribution in [0.25, 0.3) is 22.8 Å². The number of nitrogens with zero attached hydrogens (tertiary/aromatic N) is 2. The lowest BCUT2D eigenvalue weighted by molar-refractivity contribution is -0.384. The number of rotatable bonds is 6. The van der Waals surface area contributed by atoms with Crippen molar-refractivity contribution in [3.05, 3.63) is 93.5 Å². The van der Waals surface area contributed by atoms with Crippen LogP contribution in [0.3, 0.4) is 0 Å². The molecule has 5 heteroatoms. The summed E-state index contributed by atoms with van der Waals surface area (Å²) in [5.41, 5.74) is 7.40. The van der Waals surface area contributed by atoms with E-state index in [0.29, 0.717) is 0 Å². The van der Waals surface area contributed by atoms with Crippen molar-refractivity contribution in [1.82, 2.24) is 4.90 Å². The fourth-order valence-electron chi connectivity index (χ4n) is 3.71. The first-order chi connectivity index (χ1) is 14.0. The van der Waals surface area contributed by atoms with Crippen LogP contribution in [0.15, 0.2) is 66.7 Å². The van der Waals surface area contributed by atoms with Gasteiger partial charge in [-0.2, -0.15) is 0 Å². The number of hydrogen-bond donors (Lipinski definition) is 1. The van der Waals surface area contributed by atoms with Gasteiger partial charge in [0.05, 0.1) is 4.92 Å². The van der Waals surface area contributed by atoms with Gasteiger partial charge in [-0.15, -0.1) is 0 Å². The van der Waals surface area contributed by atoms with E-state index in [4.69, 9.17) is 0 Å². The molecule has 5 nitrogen and oxygen atoms in total. The average molecular weight is 385 g/mol. The first kappa shape index (κ1) is 18.9. The second kappa shape index (κ2) is 7.89. The number of nitro benzene ring substituents is 1. The van der Waals surface area contributed by atoms with E-state index in [1.807, 2.05) is 30.3 Å². The zero-order valence-electron chi connectivity index (χ0n) is 16.6. The van der Waals surface area contributed by atoms with E-state index in [-0.39, 0.29) is 10.6 Å². The largest absolute Gasteiger partial charge is 0.383 e. The third-order valence-corrected chi connectivity index (χ3v) is 5.15. The second-order valence-corrected chi connectivity index (χ2v) is 7.41. The maximum atomic E-state index is 11.3. The highest BCUT2D eigenvalue weighted by molar-refractivity contribution is 6.07. The molecule has 146 valence electrons. The summed E-state index contributed by atoms with van der Waals surface area (Å²) < 4.78 is 0. The van der Waals surface area contributed by atoms with Gasteiger partial charge in [0.1, 0.15) is 0 Å². The standard InChI is InChI=1S/C24H23N3O2/c1-26(2)14-13-25-24-10-6-3-7-17(24)15-22-20-9-5-4-8-19(20)21-12-11-18(27(28)29)16-23(21)22/h3-12,15-16,25H,13-14H2,1-2H3/b22-15+. The number of nitro groups is 1. The van der Waals surface area contributed by atoms with Gasteiger partial charge in [-0.1, -0.05) is 42.5 Å². The molecule has 3 aromatic carbocycles. The fraction of sp³-hybridized carbons (Fsp3) is 0.167. The van der Waals surface area contributed by atoms with E-state index in [0.717, 1.165) is 52.2 Å². The van der Waals surface area contributed by atoms with Gasteiger partial charge >= 0.3 is 0 Å². The van der Waals surface area contributed by atoms with Gasteiger partial charge in [-0.3, -0.25) is 10.1 Å². The summed E-state index contributed by atoms with van der Waals surface area (Å²) in [5.74, 6) is 0. The first-order valence-corrected chi connectivity index (χ1v) is 9.62. The van der Waals surface area contributed by atoms with E-state index < -0.39 is 0 Å². The molecule has 1 aliphatic rings. The minimum atomic E-state index is -0.336. The average Bonchev–Trinajstić information content (AvgIpc) is 3.02. The SMILES string of the molecule is CN(C)CCNc1ccccc1/C=C1\c2ccccc2-c2ccc([N+](=O)[O-])cc21. The molecule has 1 aliphatic carbocycles. The van der Waals surface area contributed by atoms with Gasteiger partial charge in [-0.25, -0.2) is 0 Å². The van der Waals surface area contributed by atoms with Gasteiger partial charge < -0.3 is 10.2 Å². The van der Waals surface area contributed by atoms with Crippen molar-refractivity contribution in [2.75, 3.05) is 32.5 Å². The topological polar surface area (TPSA) is 58.4 Å². The van der Waals surface area contributed by atoms with Crippen LogP contribution in [-0.2, 0) is 0 Å². The zero-order valence-corrected chi connectivity index (χ0v) is 16.6. The summed E-state index contributed by atoms with van der Waals surface area (Å²) in [4.78, 5) is 13.1. The summed E-state index contributed by atoms with van der Waals surface area (Å²) >= 11 is 0. The van der Waals surface area contributed by atoms with Crippen molar-refractivity contribution < 1.29 is 4.92 Å². The van der Waals surface area contributed by atoms with Gasteiger partial charge in [0.15, 0.2) is 0 Å². The zero-order chi connectivity index (χ0) is 20.4. The molecule has 0 saturated heterocycles. The maximum absolute atomic E-state index is 11.3. The summed E-state index contributed by atoms with van der Waals surface area (Å²) in [7, 11) is 4.10. The van der Waals surface area contributed by atoms with Crippen LogP contribution in [0.1, 0.15) is 16.7 Å². The molecule has 0 aliphatic heterocycles. The smallest absolute Gasteiger partial charge is 0.270 e. The van der Waals surface area contributed by atoms with Crippen LogP contribution in [0.4, 0.5) is 11.4 Å². The summed E-state index contributed by atoms with van der Waals surface area (Å²) in [6.45, 7) is 1.77. The Kier molecular flexibility index (Phi) is 5.14. The van der Waals surface area contributed by atoms with Crippen LogP contribution >= 0.6 is 0 Å². The molecule has 0 heterocycles. The molecule has 0 amide bonds. The summed E-state index contributed by atoms with van der Waals surface area (Å²) in [5, 5.41) is 14.8. The van der Waals surface area contributed by atoms with Crippen LogP contribution in [0, 0.1) is 10.1 Å². The third kappa shape index (κ3) is 3.77. The molecule has 0 saturated carbocycles. The molecule has 0 bridgehead atoms. The number of benzene rings is 3. The Balaban J connectivity index is 1.80. The van der Waals surface area contributed by atoms with Crippen molar-refractivity contribution in [2.24, 2.45) is 0 Å². The first-order valence-electron chi connectivity index (χ1n) is 9.62. The Hall–Kier alpha value is -3.44. The summed E-state index contributed by atoms with van der Waals surface area (Å²) in [6.07, 6.45) is 2.13. The van der Waals surface area contributed by atoms with Crippen molar-refractivity contribution in [1.29, 1.82) is 0 Å².